The minimum absolute atomic E-state index is 0.228. The van der Waals surface area contributed by atoms with Crippen LogP contribution in [0.5, 0.6) is 0 Å². The van der Waals surface area contributed by atoms with Gasteiger partial charge in [0.1, 0.15) is 0 Å². The number of halogens is 2. The van der Waals surface area contributed by atoms with Crippen LogP contribution >= 0.6 is 22.9 Å². The summed E-state index contributed by atoms with van der Waals surface area (Å²) in [6.45, 7) is 1.85. The zero-order valence-corrected chi connectivity index (χ0v) is 7.70. The van der Waals surface area contributed by atoms with Crippen LogP contribution in [0, 0.1) is 17.2 Å². The number of rotatable bonds is 1. The molecule has 0 unspecified atom stereocenters. The molecule has 0 spiro atoms. The van der Waals surface area contributed by atoms with Crippen molar-refractivity contribution in [3.63, 3.8) is 0 Å². The number of nitriles is 1. The first-order chi connectivity index (χ1) is 5.24. The molecule has 0 aromatic heterocycles. The van der Waals surface area contributed by atoms with Gasteiger partial charge in [-0.2, -0.15) is 5.26 Å². The van der Waals surface area contributed by atoms with Crippen molar-refractivity contribution in [2.75, 3.05) is 13.1 Å². The normalized spacial score (nSPS) is 31.0. The second kappa shape index (κ2) is 4.20. The largest absolute Gasteiger partial charge is 0.621 e. The highest BCUT2D eigenvalue weighted by Crippen LogP contribution is 2.07. The van der Waals surface area contributed by atoms with E-state index in [9.17, 15) is 0 Å². The SMILES string of the molecule is N#CC1CC[NH+](B(Cl)Cl)CC1. The zero-order valence-electron chi connectivity index (χ0n) is 6.19. The molecule has 1 heterocycles. The highest BCUT2D eigenvalue weighted by atomic mass is 35.5. The number of piperidine rings is 1. The van der Waals surface area contributed by atoms with Crippen LogP contribution in [-0.2, 0) is 0 Å². The Morgan fingerprint density at radius 3 is 2.27 bits per heavy atom. The van der Waals surface area contributed by atoms with Crippen LogP contribution in [0.25, 0.3) is 0 Å². The molecule has 1 N–H and O–H groups in total. The predicted octanol–water partition coefficient (Wildman–Crippen LogP) is 0.267. The maximum Gasteiger partial charge on any atom is 0.621 e. The van der Waals surface area contributed by atoms with E-state index in [4.69, 9.17) is 28.2 Å². The van der Waals surface area contributed by atoms with Gasteiger partial charge in [-0.3, -0.25) is 0 Å². The second-order valence-electron chi connectivity index (χ2n) is 2.86. The summed E-state index contributed by atoms with van der Waals surface area (Å²) < 4.78 is 0. The topological polar surface area (TPSA) is 28.2 Å². The molecule has 11 heavy (non-hydrogen) atoms. The van der Waals surface area contributed by atoms with Crippen LogP contribution in [0.4, 0.5) is 0 Å². The summed E-state index contributed by atoms with van der Waals surface area (Å²) in [6.07, 6.45) is 1.86. The Morgan fingerprint density at radius 1 is 1.36 bits per heavy atom. The van der Waals surface area contributed by atoms with Gasteiger partial charge in [-0.15, -0.1) is 0 Å². The van der Waals surface area contributed by atoms with Gasteiger partial charge in [-0.25, -0.2) is 0 Å². The fourth-order valence-corrected chi connectivity index (χ4v) is 1.77. The minimum Gasteiger partial charge on any atom is -0.375 e. The van der Waals surface area contributed by atoms with Crippen molar-refractivity contribution in [1.82, 2.24) is 0 Å². The van der Waals surface area contributed by atoms with Crippen LogP contribution in [0.3, 0.4) is 0 Å². The molecule has 1 saturated heterocycles. The van der Waals surface area contributed by atoms with Crippen molar-refractivity contribution in [1.29, 1.82) is 5.26 Å². The van der Waals surface area contributed by atoms with Crippen LogP contribution in [0.15, 0.2) is 0 Å². The number of quaternary nitrogens is 1. The van der Waals surface area contributed by atoms with Crippen LogP contribution < -0.4 is 4.81 Å². The first-order valence-electron chi connectivity index (χ1n) is 3.76. The van der Waals surface area contributed by atoms with Crippen LogP contribution in [0.1, 0.15) is 12.8 Å². The molecule has 60 valence electrons. The number of hydrogen-bond acceptors (Lipinski definition) is 1. The molecule has 1 fully saturated rings. The minimum atomic E-state index is -0.324. The smallest absolute Gasteiger partial charge is 0.375 e. The van der Waals surface area contributed by atoms with Crippen molar-refractivity contribution in [3.8, 4) is 6.07 Å². The summed E-state index contributed by atoms with van der Waals surface area (Å²) in [5, 5.41) is 8.59. The molecule has 1 rings (SSSR count). The van der Waals surface area contributed by atoms with Gasteiger partial charge >= 0.3 is 5.68 Å². The molecular formula is C6H10BCl2N2+. The van der Waals surface area contributed by atoms with E-state index >= 15 is 0 Å². The number of hydrogen-bond donors (Lipinski definition) is 1. The zero-order chi connectivity index (χ0) is 8.27. The maximum absolute atomic E-state index is 8.59. The first-order valence-corrected chi connectivity index (χ1v) is 4.63. The summed E-state index contributed by atoms with van der Waals surface area (Å²) in [6, 6.07) is 2.26. The molecule has 2 nitrogen and oxygen atoms in total. The van der Waals surface area contributed by atoms with E-state index in [1.54, 1.807) is 0 Å². The molecule has 0 aliphatic carbocycles. The third kappa shape index (κ3) is 2.55. The number of nitrogens with zero attached hydrogens (tertiary/aromatic N) is 1. The van der Waals surface area contributed by atoms with E-state index in [-0.39, 0.29) is 11.6 Å². The van der Waals surface area contributed by atoms with E-state index in [0.717, 1.165) is 25.9 Å². The summed E-state index contributed by atoms with van der Waals surface area (Å²) in [7, 11) is 0. The molecule has 0 saturated carbocycles. The van der Waals surface area contributed by atoms with E-state index in [1.807, 2.05) is 0 Å². The average molecular weight is 192 g/mol. The quantitative estimate of drug-likeness (QED) is 0.593. The van der Waals surface area contributed by atoms with Gasteiger partial charge in [-0.05, 0) is 0 Å². The van der Waals surface area contributed by atoms with Gasteiger partial charge in [0.15, 0.2) is 0 Å². The molecule has 0 amide bonds. The Balaban J connectivity index is 2.31. The molecule has 1 aliphatic heterocycles. The third-order valence-electron chi connectivity index (χ3n) is 2.12. The monoisotopic (exact) mass is 191 g/mol. The highest BCUT2D eigenvalue weighted by Gasteiger charge is 2.30. The summed E-state index contributed by atoms with van der Waals surface area (Å²) in [4.78, 5) is 1.19. The molecule has 0 radical (unpaired) electrons. The van der Waals surface area contributed by atoms with Crippen molar-refractivity contribution < 1.29 is 4.81 Å². The van der Waals surface area contributed by atoms with E-state index in [2.05, 4.69) is 6.07 Å². The van der Waals surface area contributed by atoms with Gasteiger partial charge in [0, 0.05) is 12.8 Å². The lowest BCUT2D eigenvalue weighted by atomic mass is 9.96. The highest BCUT2D eigenvalue weighted by molar-refractivity contribution is 7.29. The van der Waals surface area contributed by atoms with Gasteiger partial charge in [0.25, 0.3) is 0 Å². The molecular weight excluding hydrogens is 182 g/mol. The lowest BCUT2D eigenvalue weighted by Crippen LogP contribution is -3.17. The molecule has 1 aliphatic rings. The predicted molar refractivity (Wildman–Crippen MR) is 46.5 cm³/mol. The average Bonchev–Trinajstić information content (AvgIpc) is 2.05. The van der Waals surface area contributed by atoms with Crippen molar-refractivity contribution in [3.05, 3.63) is 0 Å². The van der Waals surface area contributed by atoms with Crippen molar-refractivity contribution in [2.24, 2.45) is 5.92 Å². The summed E-state index contributed by atoms with van der Waals surface area (Å²) in [5.74, 6) is 0.228. The van der Waals surface area contributed by atoms with Gasteiger partial charge in [-0.1, -0.05) is 22.9 Å². The van der Waals surface area contributed by atoms with Crippen molar-refractivity contribution >= 4 is 28.6 Å². The Morgan fingerprint density at radius 2 is 1.91 bits per heavy atom. The third-order valence-corrected chi connectivity index (χ3v) is 2.74. The van der Waals surface area contributed by atoms with E-state index in [1.165, 1.54) is 4.81 Å². The lowest BCUT2D eigenvalue weighted by molar-refractivity contribution is -0.792. The molecule has 0 aromatic carbocycles. The fourth-order valence-electron chi connectivity index (χ4n) is 1.34. The maximum atomic E-state index is 8.59. The van der Waals surface area contributed by atoms with Gasteiger partial charge in [0.2, 0.25) is 0 Å². The van der Waals surface area contributed by atoms with Crippen molar-refractivity contribution in [2.45, 2.75) is 12.8 Å². The number of nitrogens with one attached hydrogen (secondary N) is 1. The van der Waals surface area contributed by atoms with Crippen LogP contribution in [0.2, 0.25) is 0 Å². The molecule has 0 aromatic rings. The van der Waals surface area contributed by atoms with Crippen LogP contribution in [-0.4, -0.2) is 18.8 Å². The Kier molecular flexibility index (Phi) is 3.51. The summed E-state index contributed by atoms with van der Waals surface area (Å²) in [5.41, 5.74) is -0.324. The fraction of sp³-hybridized carbons (Fsp3) is 0.833. The standard InChI is InChI=1S/C6H9BCl2N2/c8-7(9)11-3-1-6(5-10)2-4-11/h6H,1-4H2/p+1. The molecule has 5 heteroatoms. The first kappa shape index (κ1) is 9.19. The van der Waals surface area contributed by atoms with Gasteiger partial charge < -0.3 is 4.81 Å². The molecule has 0 atom stereocenters. The van der Waals surface area contributed by atoms with E-state index < -0.39 is 0 Å². The lowest BCUT2D eigenvalue weighted by Gasteiger charge is -2.25. The molecule has 0 bridgehead atoms. The Bertz CT molecular complexity index is 160. The second-order valence-corrected chi connectivity index (χ2v) is 3.96. The Hall–Kier alpha value is 0.0949. The van der Waals surface area contributed by atoms with Gasteiger partial charge in [0.05, 0.1) is 25.1 Å². The summed E-state index contributed by atoms with van der Waals surface area (Å²) >= 11 is 11.4. The Labute approximate surface area is 77.0 Å². The van der Waals surface area contributed by atoms with E-state index in [0.29, 0.717) is 0 Å².